The Morgan fingerprint density at radius 2 is 1.90 bits per heavy atom. The largest absolute Gasteiger partial charge is 0.297 e. The SMILES string of the molecule is CC(C)(C)CN1CC(F)C1. The van der Waals surface area contributed by atoms with Crippen molar-refractivity contribution in [3.63, 3.8) is 0 Å². The molecule has 1 nitrogen and oxygen atoms in total. The Bertz CT molecular complexity index is 111. The number of hydrogen-bond acceptors (Lipinski definition) is 1. The number of alkyl halides is 1. The lowest BCUT2D eigenvalue weighted by Crippen LogP contribution is -2.51. The zero-order valence-electron chi connectivity index (χ0n) is 7.02. The monoisotopic (exact) mass is 145 g/mol. The third kappa shape index (κ3) is 2.25. The van der Waals surface area contributed by atoms with Crippen LogP contribution in [-0.4, -0.2) is 30.7 Å². The summed E-state index contributed by atoms with van der Waals surface area (Å²) in [6, 6.07) is 0. The molecule has 0 aromatic rings. The fraction of sp³-hybridized carbons (Fsp3) is 1.00. The number of hydrogen-bond donors (Lipinski definition) is 0. The first-order chi connectivity index (χ1) is 4.47. The molecule has 0 N–H and O–H groups in total. The van der Waals surface area contributed by atoms with Gasteiger partial charge < -0.3 is 0 Å². The van der Waals surface area contributed by atoms with Crippen LogP contribution in [0.4, 0.5) is 4.39 Å². The van der Waals surface area contributed by atoms with Gasteiger partial charge >= 0.3 is 0 Å². The first kappa shape index (κ1) is 7.99. The van der Waals surface area contributed by atoms with Gasteiger partial charge in [0.15, 0.2) is 0 Å². The zero-order chi connectivity index (χ0) is 7.78. The minimum Gasteiger partial charge on any atom is -0.297 e. The lowest BCUT2D eigenvalue weighted by atomic mass is 9.94. The van der Waals surface area contributed by atoms with Crippen molar-refractivity contribution in [2.45, 2.75) is 26.9 Å². The summed E-state index contributed by atoms with van der Waals surface area (Å²) in [4.78, 5) is 2.16. The third-order valence-electron chi connectivity index (χ3n) is 1.61. The predicted molar refractivity (Wildman–Crippen MR) is 40.8 cm³/mol. The second kappa shape index (κ2) is 2.50. The van der Waals surface area contributed by atoms with Crippen molar-refractivity contribution in [2.75, 3.05) is 19.6 Å². The highest BCUT2D eigenvalue weighted by molar-refractivity contribution is 4.82. The Balaban J connectivity index is 2.16. The second-order valence-corrected chi connectivity index (χ2v) is 4.35. The van der Waals surface area contributed by atoms with Gasteiger partial charge in [0.1, 0.15) is 6.17 Å². The Labute approximate surface area is 62.2 Å². The standard InChI is InChI=1S/C8H16FN/c1-8(2,3)6-10-4-7(9)5-10/h7H,4-6H2,1-3H3. The van der Waals surface area contributed by atoms with E-state index < -0.39 is 6.17 Å². The van der Waals surface area contributed by atoms with E-state index in [2.05, 4.69) is 25.7 Å². The summed E-state index contributed by atoms with van der Waals surface area (Å²) in [6.07, 6.45) is -0.553. The number of likely N-dealkylation sites (tertiary alicyclic amines) is 1. The Morgan fingerprint density at radius 1 is 1.40 bits per heavy atom. The lowest BCUT2D eigenvalue weighted by molar-refractivity contribution is 0.0386. The van der Waals surface area contributed by atoms with Gasteiger partial charge in [0.25, 0.3) is 0 Å². The molecule has 0 atom stereocenters. The molecular weight excluding hydrogens is 129 g/mol. The van der Waals surface area contributed by atoms with Crippen molar-refractivity contribution >= 4 is 0 Å². The van der Waals surface area contributed by atoms with Gasteiger partial charge in [-0.3, -0.25) is 4.90 Å². The molecule has 1 heterocycles. The third-order valence-corrected chi connectivity index (χ3v) is 1.61. The van der Waals surface area contributed by atoms with Crippen LogP contribution < -0.4 is 0 Å². The second-order valence-electron chi connectivity index (χ2n) is 4.35. The normalized spacial score (nSPS) is 22.8. The molecule has 1 aliphatic rings. The molecule has 0 aromatic heterocycles. The highest BCUT2D eigenvalue weighted by Gasteiger charge is 2.28. The van der Waals surface area contributed by atoms with Gasteiger partial charge in [-0.05, 0) is 5.41 Å². The molecule has 0 saturated carbocycles. The van der Waals surface area contributed by atoms with E-state index in [1.165, 1.54) is 0 Å². The number of rotatable bonds is 1. The molecule has 0 radical (unpaired) electrons. The maximum Gasteiger partial charge on any atom is 0.125 e. The van der Waals surface area contributed by atoms with Gasteiger partial charge in [-0.15, -0.1) is 0 Å². The van der Waals surface area contributed by atoms with Gasteiger partial charge in [0.2, 0.25) is 0 Å². The molecule has 0 spiro atoms. The van der Waals surface area contributed by atoms with E-state index in [4.69, 9.17) is 0 Å². The molecule has 0 aliphatic carbocycles. The van der Waals surface area contributed by atoms with Crippen molar-refractivity contribution in [2.24, 2.45) is 5.41 Å². The van der Waals surface area contributed by atoms with Crippen molar-refractivity contribution in [1.29, 1.82) is 0 Å². The van der Waals surface area contributed by atoms with Crippen molar-refractivity contribution < 1.29 is 4.39 Å². The summed E-state index contributed by atoms with van der Waals surface area (Å²) >= 11 is 0. The zero-order valence-corrected chi connectivity index (χ0v) is 7.02. The van der Waals surface area contributed by atoms with Crippen LogP contribution in [0, 0.1) is 5.41 Å². The topological polar surface area (TPSA) is 3.24 Å². The molecule has 10 heavy (non-hydrogen) atoms. The van der Waals surface area contributed by atoms with E-state index in [0.29, 0.717) is 18.5 Å². The lowest BCUT2D eigenvalue weighted by Gasteiger charge is -2.38. The van der Waals surface area contributed by atoms with E-state index in [9.17, 15) is 4.39 Å². The van der Waals surface area contributed by atoms with Crippen molar-refractivity contribution in [3.05, 3.63) is 0 Å². The predicted octanol–water partition coefficient (Wildman–Crippen LogP) is 1.69. The smallest absolute Gasteiger partial charge is 0.125 e. The summed E-state index contributed by atoms with van der Waals surface area (Å²) in [7, 11) is 0. The van der Waals surface area contributed by atoms with Crippen LogP contribution in [0.2, 0.25) is 0 Å². The van der Waals surface area contributed by atoms with Crippen LogP contribution in [0.1, 0.15) is 20.8 Å². The van der Waals surface area contributed by atoms with E-state index in [0.717, 1.165) is 6.54 Å². The molecular formula is C8H16FN. The average molecular weight is 145 g/mol. The quantitative estimate of drug-likeness (QED) is 0.542. The molecule has 1 saturated heterocycles. The summed E-state index contributed by atoms with van der Waals surface area (Å²) < 4.78 is 12.3. The highest BCUT2D eigenvalue weighted by atomic mass is 19.1. The number of halogens is 1. The molecule has 2 heteroatoms. The Kier molecular flexibility index (Phi) is 1.99. The summed E-state index contributed by atoms with van der Waals surface area (Å²) in [5.74, 6) is 0. The fourth-order valence-electron chi connectivity index (χ4n) is 1.31. The average Bonchev–Trinajstić information content (AvgIpc) is 1.57. The van der Waals surface area contributed by atoms with Gasteiger partial charge in [-0.1, -0.05) is 20.8 Å². The molecule has 0 amide bonds. The van der Waals surface area contributed by atoms with E-state index in [1.807, 2.05) is 0 Å². The van der Waals surface area contributed by atoms with Gasteiger partial charge in [0, 0.05) is 19.6 Å². The molecule has 1 rings (SSSR count). The molecule has 1 fully saturated rings. The molecule has 0 aromatic carbocycles. The maximum absolute atomic E-state index is 12.3. The van der Waals surface area contributed by atoms with Crippen molar-refractivity contribution in [1.82, 2.24) is 4.90 Å². The van der Waals surface area contributed by atoms with Crippen molar-refractivity contribution in [3.8, 4) is 0 Å². The number of nitrogens with zero attached hydrogens (tertiary/aromatic N) is 1. The first-order valence-corrected chi connectivity index (χ1v) is 3.84. The van der Waals surface area contributed by atoms with Crippen LogP contribution in [0.15, 0.2) is 0 Å². The van der Waals surface area contributed by atoms with Crippen LogP contribution >= 0.6 is 0 Å². The molecule has 60 valence electrons. The maximum atomic E-state index is 12.3. The van der Waals surface area contributed by atoms with Crippen LogP contribution in [-0.2, 0) is 0 Å². The summed E-state index contributed by atoms with van der Waals surface area (Å²) in [5.41, 5.74) is 0.320. The van der Waals surface area contributed by atoms with E-state index >= 15 is 0 Å². The highest BCUT2D eigenvalue weighted by Crippen LogP contribution is 2.20. The fourth-order valence-corrected chi connectivity index (χ4v) is 1.31. The molecule has 1 aliphatic heterocycles. The summed E-state index contributed by atoms with van der Waals surface area (Å²) in [5, 5.41) is 0. The minimum atomic E-state index is -0.553. The molecule has 0 bridgehead atoms. The van der Waals surface area contributed by atoms with Crippen LogP contribution in [0.3, 0.4) is 0 Å². The van der Waals surface area contributed by atoms with E-state index in [1.54, 1.807) is 0 Å². The molecule has 0 unspecified atom stereocenters. The van der Waals surface area contributed by atoms with E-state index in [-0.39, 0.29) is 0 Å². The van der Waals surface area contributed by atoms with Gasteiger partial charge in [-0.25, -0.2) is 4.39 Å². The van der Waals surface area contributed by atoms with Gasteiger partial charge in [0.05, 0.1) is 0 Å². The summed E-state index contributed by atoms with van der Waals surface area (Å²) in [6.45, 7) is 8.86. The Morgan fingerprint density at radius 3 is 2.20 bits per heavy atom. The van der Waals surface area contributed by atoms with Crippen LogP contribution in [0.5, 0.6) is 0 Å². The minimum absolute atomic E-state index is 0.320. The van der Waals surface area contributed by atoms with Crippen LogP contribution in [0.25, 0.3) is 0 Å². The van der Waals surface area contributed by atoms with Gasteiger partial charge in [-0.2, -0.15) is 0 Å². The first-order valence-electron chi connectivity index (χ1n) is 3.84. The Hall–Kier alpha value is -0.110.